The SMILES string of the molecule is O=C(C1CCN(c2ccc(F)c(Cl)c2)C1=O)N1CCOCC1. The van der Waals surface area contributed by atoms with Crippen LogP contribution >= 0.6 is 11.6 Å². The van der Waals surface area contributed by atoms with Crippen molar-refractivity contribution in [1.82, 2.24) is 4.90 Å². The van der Waals surface area contributed by atoms with Crippen LogP contribution in [0.5, 0.6) is 0 Å². The van der Waals surface area contributed by atoms with Crippen LogP contribution in [0, 0.1) is 11.7 Å². The topological polar surface area (TPSA) is 49.9 Å². The lowest BCUT2D eigenvalue weighted by Gasteiger charge is -2.28. The van der Waals surface area contributed by atoms with Crippen molar-refractivity contribution >= 4 is 29.1 Å². The van der Waals surface area contributed by atoms with E-state index in [-0.39, 0.29) is 16.8 Å². The monoisotopic (exact) mass is 326 g/mol. The molecule has 5 nitrogen and oxygen atoms in total. The second-order valence-corrected chi connectivity index (χ2v) is 5.77. The van der Waals surface area contributed by atoms with E-state index in [2.05, 4.69) is 0 Å². The van der Waals surface area contributed by atoms with E-state index in [4.69, 9.17) is 16.3 Å². The summed E-state index contributed by atoms with van der Waals surface area (Å²) in [6.45, 7) is 2.48. The maximum absolute atomic E-state index is 13.2. The van der Waals surface area contributed by atoms with Crippen LogP contribution in [0.3, 0.4) is 0 Å². The number of nitrogens with zero attached hydrogens (tertiary/aromatic N) is 2. The molecule has 0 radical (unpaired) electrons. The molecule has 0 saturated carbocycles. The molecule has 2 aliphatic heterocycles. The Morgan fingerprint density at radius 2 is 2.00 bits per heavy atom. The number of hydrogen-bond acceptors (Lipinski definition) is 3. The van der Waals surface area contributed by atoms with E-state index >= 15 is 0 Å². The van der Waals surface area contributed by atoms with Gasteiger partial charge in [0.2, 0.25) is 11.8 Å². The molecule has 0 bridgehead atoms. The molecule has 7 heteroatoms. The predicted octanol–water partition coefficient (Wildman–Crippen LogP) is 1.69. The molecule has 2 heterocycles. The molecule has 2 fully saturated rings. The number of carbonyl (C=O) groups excluding carboxylic acids is 2. The van der Waals surface area contributed by atoms with Gasteiger partial charge in [0.05, 0.1) is 18.2 Å². The van der Waals surface area contributed by atoms with Gasteiger partial charge in [0, 0.05) is 25.3 Å². The number of carbonyl (C=O) groups is 2. The van der Waals surface area contributed by atoms with Crippen molar-refractivity contribution in [2.75, 3.05) is 37.7 Å². The van der Waals surface area contributed by atoms with Gasteiger partial charge in [0.15, 0.2) is 0 Å². The molecule has 0 aromatic heterocycles. The minimum absolute atomic E-state index is 0.0340. The Balaban J connectivity index is 1.73. The number of amides is 2. The van der Waals surface area contributed by atoms with Gasteiger partial charge in [-0.05, 0) is 24.6 Å². The average molecular weight is 327 g/mol. The van der Waals surface area contributed by atoms with Gasteiger partial charge in [-0.1, -0.05) is 11.6 Å². The predicted molar refractivity (Wildman–Crippen MR) is 79.3 cm³/mol. The molecule has 22 heavy (non-hydrogen) atoms. The zero-order valence-electron chi connectivity index (χ0n) is 11.9. The third kappa shape index (κ3) is 2.80. The smallest absolute Gasteiger partial charge is 0.239 e. The molecular formula is C15H16ClFN2O3. The van der Waals surface area contributed by atoms with Crippen LogP contribution in [0.15, 0.2) is 18.2 Å². The lowest BCUT2D eigenvalue weighted by atomic mass is 10.1. The van der Waals surface area contributed by atoms with Crippen LogP contribution in [0.1, 0.15) is 6.42 Å². The molecule has 0 aliphatic carbocycles. The van der Waals surface area contributed by atoms with Crippen LogP contribution in [-0.2, 0) is 14.3 Å². The van der Waals surface area contributed by atoms with Gasteiger partial charge >= 0.3 is 0 Å². The number of anilines is 1. The van der Waals surface area contributed by atoms with Crippen molar-refractivity contribution < 1.29 is 18.7 Å². The fourth-order valence-corrected chi connectivity index (χ4v) is 3.00. The summed E-state index contributed by atoms with van der Waals surface area (Å²) in [6, 6.07) is 4.14. The molecular weight excluding hydrogens is 311 g/mol. The van der Waals surface area contributed by atoms with Gasteiger partial charge in [-0.15, -0.1) is 0 Å². The molecule has 118 valence electrons. The van der Waals surface area contributed by atoms with E-state index in [1.165, 1.54) is 23.1 Å². The Kier molecular flexibility index (Phi) is 4.31. The van der Waals surface area contributed by atoms with Crippen LogP contribution in [0.4, 0.5) is 10.1 Å². The second kappa shape index (κ2) is 6.22. The third-order valence-corrected chi connectivity index (χ3v) is 4.33. The summed E-state index contributed by atoms with van der Waals surface area (Å²) in [6.07, 6.45) is 0.462. The maximum atomic E-state index is 13.2. The molecule has 2 saturated heterocycles. The lowest BCUT2D eigenvalue weighted by Crippen LogP contribution is -2.45. The van der Waals surface area contributed by atoms with E-state index in [0.717, 1.165) is 0 Å². The minimum atomic E-state index is -0.665. The zero-order chi connectivity index (χ0) is 15.7. The first-order valence-electron chi connectivity index (χ1n) is 7.21. The number of morpholine rings is 1. The van der Waals surface area contributed by atoms with Crippen molar-refractivity contribution in [3.8, 4) is 0 Å². The van der Waals surface area contributed by atoms with Crippen molar-refractivity contribution in [2.45, 2.75) is 6.42 Å². The van der Waals surface area contributed by atoms with Gasteiger partial charge in [-0.2, -0.15) is 0 Å². The highest BCUT2D eigenvalue weighted by molar-refractivity contribution is 6.31. The number of ether oxygens (including phenoxy) is 1. The highest BCUT2D eigenvalue weighted by Crippen LogP contribution is 2.29. The Hall–Kier alpha value is -1.66. The van der Waals surface area contributed by atoms with Gasteiger partial charge in [0.25, 0.3) is 0 Å². The Labute approximate surface area is 132 Å². The summed E-state index contributed by atoms with van der Waals surface area (Å²) in [5.74, 6) is -1.59. The lowest BCUT2D eigenvalue weighted by molar-refractivity contribution is -0.143. The summed E-state index contributed by atoms with van der Waals surface area (Å²) >= 11 is 5.76. The van der Waals surface area contributed by atoms with Gasteiger partial charge < -0.3 is 14.5 Å². The van der Waals surface area contributed by atoms with E-state index in [1.807, 2.05) is 0 Å². The average Bonchev–Trinajstić information content (AvgIpc) is 2.92. The molecule has 1 aromatic carbocycles. The highest BCUT2D eigenvalue weighted by Gasteiger charge is 2.40. The van der Waals surface area contributed by atoms with Crippen LogP contribution in [0.2, 0.25) is 5.02 Å². The number of hydrogen-bond donors (Lipinski definition) is 0. The Bertz CT molecular complexity index is 604. The molecule has 3 rings (SSSR count). The quantitative estimate of drug-likeness (QED) is 0.777. The van der Waals surface area contributed by atoms with Crippen molar-refractivity contribution in [3.63, 3.8) is 0 Å². The molecule has 1 aromatic rings. The molecule has 2 amide bonds. The van der Waals surface area contributed by atoms with Gasteiger partial charge in [-0.25, -0.2) is 4.39 Å². The third-order valence-electron chi connectivity index (χ3n) is 4.04. The normalized spacial score (nSPS) is 22.3. The van der Waals surface area contributed by atoms with Crippen LogP contribution < -0.4 is 4.90 Å². The van der Waals surface area contributed by atoms with E-state index in [1.54, 1.807) is 4.90 Å². The standard InChI is InChI=1S/C15H16ClFN2O3/c16-12-9-10(1-2-13(12)17)19-4-3-11(15(19)21)14(20)18-5-7-22-8-6-18/h1-2,9,11H,3-8H2. The first-order valence-corrected chi connectivity index (χ1v) is 7.58. The Morgan fingerprint density at radius 3 is 2.68 bits per heavy atom. The van der Waals surface area contributed by atoms with Gasteiger partial charge in [0.1, 0.15) is 11.7 Å². The summed E-state index contributed by atoms with van der Waals surface area (Å²) in [5.41, 5.74) is 0.522. The van der Waals surface area contributed by atoms with E-state index < -0.39 is 11.7 Å². The fraction of sp³-hybridized carbons (Fsp3) is 0.467. The van der Waals surface area contributed by atoms with E-state index in [9.17, 15) is 14.0 Å². The zero-order valence-corrected chi connectivity index (χ0v) is 12.7. The summed E-state index contributed by atoms with van der Waals surface area (Å²) in [7, 11) is 0. The molecule has 0 spiro atoms. The van der Waals surface area contributed by atoms with Crippen molar-refractivity contribution in [3.05, 3.63) is 29.0 Å². The maximum Gasteiger partial charge on any atom is 0.239 e. The van der Waals surface area contributed by atoms with E-state index in [0.29, 0.717) is 45.0 Å². The number of benzene rings is 1. The number of rotatable bonds is 2. The van der Waals surface area contributed by atoms with Gasteiger partial charge in [-0.3, -0.25) is 9.59 Å². The molecule has 0 N–H and O–H groups in total. The molecule has 1 atom stereocenters. The molecule has 1 unspecified atom stereocenters. The van der Waals surface area contributed by atoms with Crippen molar-refractivity contribution in [2.24, 2.45) is 5.92 Å². The van der Waals surface area contributed by atoms with Crippen LogP contribution in [0.25, 0.3) is 0 Å². The largest absolute Gasteiger partial charge is 0.378 e. The number of halogens is 2. The fourth-order valence-electron chi connectivity index (χ4n) is 2.82. The minimum Gasteiger partial charge on any atom is -0.378 e. The van der Waals surface area contributed by atoms with Crippen LogP contribution in [-0.4, -0.2) is 49.6 Å². The first kappa shape index (κ1) is 15.2. The Morgan fingerprint density at radius 1 is 1.27 bits per heavy atom. The summed E-state index contributed by atoms with van der Waals surface area (Å²) < 4.78 is 18.4. The summed E-state index contributed by atoms with van der Waals surface area (Å²) in [4.78, 5) is 28.1. The second-order valence-electron chi connectivity index (χ2n) is 5.37. The molecule has 2 aliphatic rings. The summed E-state index contributed by atoms with van der Waals surface area (Å²) in [5, 5.41) is -0.0340. The first-order chi connectivity index (χ1) is 10.6. The van der Waals surface area contributed by atoms with Crippen molar-refractivity contribution in [1.29, 1.82) is 0 Å². The highest BCUT2D eigenvalue weighted by atomic mass is 35.5.